The van der Waals surface area contributed by atoms with E-state index < -0.39 is 0 Å². The van der Waals surface area contributed by atoms with Crippen LogP contribution in [-0.2, 0) is 4.74 Å². The van der Waals surface area contributed by atoms with Gasteiger partial charge in [0.05, 0.1) is 16.9 Å². The van der Waals surface area contributed by atoms with Gasteiger partial charge in [-0.25, -0.2) is 9.97 Å². The molecule has 0 bridgehead atoms. The van der Waals surface area contributed by atoms with Crippen LogP contribution < -0.4 is 5.32 Å². The van der Waals surface area contributed by atoms with Crippen molar-refractivity contribution in [3.8, 4) is 11.3 Å². The molecule has 1 N–H and O–H groups in total. The number of hydrogen-bond acceptors (Lipinski definition) is 5. The molecular weight excluding hydrogens is 280 g/mol. The lowest BCUT2D eigenvalue weighted by Crippen LogP contribution is -2.40. The van der Waals surface area contributed by atoms with Gasteiger partial charge >= 0.3 is 0 Å². The number of nitrogens with zero attached hydrogens (tertiary/aromatic N) is 3. The molecule has 0 spiro atoms. The number of nitrogens with one attached hydrogen (secondary N) is 1. The highest BCUT2D eigenvalue weighted by atomic mass is 16.5. The number of carbonyl (C=O) groups is 1. The smallest absolute Gasteiger partial charge is 0.252 e. The van der Waals surface area contributed by atoms with Gasteiger partial charge < -0.3 is 10.1 Å². The average Bonchev–Trinajstić information content (AvgIpc) is 3.01. The molecule has 1 fully saturated rings. The summed E-state index contributed by atoms with van der Waals surface area (Å²) in [4.78, 5) is 24.4. The van der Waals surface area contributed by atoms with E-state index in [0.717, 1.165) is 30.7 Å². The second-order valence-corrected chi connectivity index (χ2v) is 5.64. The van der Waals surface area contributed by atoms with E-state index in [4.69, 9.17) is 4.74 Å². The summed E-state index contributed by atoms with van der Waals surface area (Å²) in [6.07, 6.45) is 8.42. The number of aromatic nitrogens is 3. The molecule has 6 nitrogen and oxygen atoms in total. The van der Waals surface area contributed by atoms with Crippen LogP contribution in [0.25, 0.3) is 11.3 Å². The minimum atomic E-state index is -0.246. The normalized spacial score (nSPS) is 20.8. The third-order valence-electron chi connectivity index (χ3n) is 3.81. The Kier molecular flexibility index (Phi) is 4.11. The van der Waals surface area contributed by atoms with E-state index >= 15 is 0 Å². The summed E-state index contributed by atoms with van der Waals surface area (Å²) in [7, 11) is 0. The van der Waals surface area contributed by atoms with E-state index in [1.54, 1.807) is 30.7 Å². The lowest BCUT2D eigenvalue weighted by atomic mass is 10.0. The fourth-order valence-electron chi connectivity index (χ4n) is 2.48. The Hall–Kier alpha value is -2.34. The standard InChI is InChI=1S/C16H18N4O2/c1-16(5-2-6-22-16)10-20-15(21)12-3-4-14(19-9-12)13-7-17-11-18-8-13/h3-4,7-9,11H,2,5-6,10H2,1H3,(H,20,21)/t16-/m0/s1. The summed E-state index contributed by atoms with van der Waals surface area (Å²) >= 11 is 0. The Balaban J connectivity index is 1.64. The molecule has 1 aliphatic heterocycles. The molecule has 1 aliphatic rings. The Morgan fingerprint density at radius 1 is 1.32 bits per heavy atom. The lowest BCUT2D eigenvalue weighted by Gasteiger charge is -2.23. The molecule has 1 amide bonds. The van der Waals surface area contributed by atoms with Crippen molar-refractivity contribution in [3.63, 3.8) is 0 Å². The molecule has 3 heterocycles. The van der Waals surface area contributed by atoms with Gasteiger partial charge in [0.1, 0.15) is 6.33 Å². The first-order chi connectivity index (χ1) is 10.7. The molecule has 22 heavy (non-hydrogen) atoms. The molecule has 0 aliphatic carbocycles. The molecule has 6 heteroatoms. The molecule has 2 aromatic heterocycles. The van der Waals surface area contributed by atoms with E-state index in [-0.39, 0.29) is 11.5 Å². The number of rotatable bonds is 4. The van der Waals surface area contributed by atoms with Gasteiger partial charge in [0, 0.05) is 37.3 Å². The zero-order valence-electron chi connectivity index (χ0n) is 12.5. The second kappa shape index (κ2) is 6.19. The molecule has 0 saturated carbocycles. The van der Waals surface area contributed by atoms with Gasteiger partial charge in [-0.15, -0.1) is 0 Å². The van der Waals surface area contributed by atoms with E-state index in [0.29, 0.717) is 12.1 Å². The molecule has 3 rings (SSSR count). The SMILES string of the molecule is C[C@@]1(CNC(=O)c2ccc(-c3cncnc3)nc2)CCCO1. The summed E-state index contributed by atoms with van der Waals surface area (Å²) in [6.45, 7) is 3.30. The summed E-state index contributed by atoms with van der Waals surface area (Å²) < 4.78 is 5.66. The number of ether oxygens (including phenoxy) is 1. The molecule has 1 saturated heterocycles. The average molecular weight is 298 g/mol. The van der Waals surface area contributed by atoms with Crippen molar-refractivity contribution < 1.29 is 9.53 Å². The van der Waals surface area contributed by atoms with E-state index in [1.807, 2.05) is 6.92 Å². The maximum Gasteiger partial charge on any atom is 0.252 e. The van der Waals surface area contributed by atoms with Gasteiger partial charge in [0.2, 0.25) is 0 Å². The summed E-state index contributed by atoms with van der Waals surface area (Å²) in [6, 6.07) is 3.55. The predicted molar refractivity (Wildman–Crippen MR) is 81.2 cm³/mol. The first kappa shape index (κ1) is 14.6. The third-order valence-corrected chi connectivity index (χ3v) is 3.81. The van der Waals surface area contributed by atoms with E-state index in [1.165, 1.54) is 6.33 Å². The molecule has 1 atom stereocenters. The van der Waals surface area contributed by atoms with Gasteiger partial charge in [-0.1, -0.05) is 0 Å². The number of pyridine rings is 1. The third kappa shape index (κ3) is 3.28. The predicted octanol–water partition coefficient (Wildman–Crippen LogP) is 1.84. The van der Waals surface area contributed by atoms with Crippen molar-refractivity contribution >= 4 is 5.91 Å². The quantitative estimate of drug-likeness (QED) is 0.932. The van der Waals surface area contributed by atoms with Crippen LogP contribution in [0.3, 0.4) is 0 Å². The minimum absolute atomic E-state index is 0.139. The minimum Gasteiger partial charge on any atom is -0.373 e. The van der Waals surface area contributed by atoms with Crippen LogP contribution in [0, 0.1) is 0 Å². The van der Waals surface area contributed by atoms with E-state index in [2.05, 4.69) is 20.3 Å². The van der Waals surface area contributed by atoms with Crippen LogP contribution in [0.4, 0.5) is 0 Å². The Labute approximate surface area is 129 Å². The molecule has 0 unspecified atom stereocenters. The molecule has 2 aromatic rings. The van der Waals surface area contributed by atoms with Crippen molar-refractivity contribution in [2.24, 2.45) is 0 Å². The first-order valence-corrected chi connectivity index (χ1v) is 7.30. The molecule has 0 aromatic carbocycles. The van der Waals surface area contributed by atoms with Gasteiger partial charge in [-0.3, -0.25) is 9.78 Å². The summed E-state index contributed by atoms with van der Waals surface area (Å²) in [5.41, 5.74) is 1.84. The number of hydrogen-bond donors (Lipinski definition) is 1. The van der Waals surface area contributed by atoms with E-state index in [9.17, 15) is 4.79 Å². The van der Waals surface area contributed by atoms with Crippen LogP contribution in [0.2, 0.25) is 0 Å². The zero-order chi connectivity index (χ0) is 15.4. The fourth-order valence-corrected chi connectivity index (χ4v) is 2.48. The number of carbonyl (C=O) groups excluding carboxylic acids is 1. The fraction of sp³-hybridized carbons (Fsp3) is 0.375. The van der Waals surface area contributed by atoms with Gasteiger partial charge in [-0.2, -0.15) is 0 Å². The van der Waals surface area contributed by atoms with Crippen molar-refractivity contribution in [2.45, 2.75) is 25.4 Å². The van der Waals surface area contributed by atoms with Crippen molar-refractivity contribution in [1.82, 2.24) is 20.3 Å². The summed E-state index contributed by atoms with van der Waals surface area (Å²) in [5.74, 6) is -0.139. The Bertz CT molecular complexity index is 637. The Morgan fingerprint density at radius 3 is 2.77 bits per heavy atom. The van der Waals surface area contributed by atoms with Crippen LogP contribution >= 0.6 is 0 Å². The number of amides is 1. The molecule has 114 valence electrons. The zero-order valence-corrected chi connectivity index (χ0v) is 12.5. The molecular formula is C16H18N4O2. The van der Waals surface area contributed by atoms with Gasteiger partial charge in [0.15, 0.2) is 0 Å². The first-order valence-electron chi connectivity index (χ1n) is 7.30. The largest absolute Gasteiger partial charge is 0.373 e. The Morgan fingerprint density at radius 2 is 2.14 bits per heavy atom. The van der Waals surface area contributed by atoms with Crippen LogP contribution in [0.15, 0.2) is 37.1 Å². The lowest BCUT2D eigenvalue weighted by molar-refractivity contribution is 0.0206. The maximum atomic E-state index is 12.2. The van der Waals surface area contributed by atoms with Crippen molar-refractivity contribution in [2.75, 3.05) is 13.2 Å². The van der Waals surface area contributed by atoms with Gasteiger partial charge in [0.25, 0.3) is 5.91 Å². The summed E-state index contributed by atoms with van der Waals surface area (Å²) in [5, 5.41) is 2.91. The van der Waals surface area contributed by atoms with Crippen molar-refractivity contribution in [1.29, 1.82) is 0 Å². The van der Waals surface area contributed by atoms with Crippen LogP contribution in [-0.4, -0.2) is 39.6 Å². The van der Waals surface area contributed by atoms with Gasteiger partial charge in [-0.05, 0) is 31.9 Å². The highest BCUT2D eigenvalue weighted by Gasteiger charge is 2.30. The van der Waals surface area contributed by atoms with Crippen LogP contribution in [0.1, 0.15) is 30.1 Å². The highest BCUT2D eigenvalue weighted by molar-refractivity contribution is 5.94. The van der Waals surface area contributed by atoms with Crippen LogP contribution in [0.5, 0.6) is 0 Å². The maximum absolute atomic E-state index is 12.2. The molecule has 0 radical (unpaired) electrons. The highest BCUT2D eigenvalue weighted by Crippen LogP contribution is 2.24. The monoisotopic (exact) mass is 298 g/mol. The van der Waals surface area contributed by atoms with Crippen molar-refractivity contribution in [3.05, 3.63) is 42.6 Å². The topological polar surface area (TPSA) is 77.0 Å². The second-order valence-electron chi connectivity index (χ2n) is 5.64.